The van der Waals surface area contributed by atoms with Gasteiger partial charge in [-0.05, 0) is 38.0 Å². The van der Waals surface area contributed by atoms with Crippen LogP contribution in [0, 0.1) is 12.8 Å². The summed E-state index contributed by atoms with van der Waals surface area (Å²) < 4.78 is 2.08. The number of hydrogen-bond donors (Lipinski definition) is 2. The third-order valence-electron chi connectivity index (χ3n) is 4.22. The van der Waals surface area contributed by atoms with E-state index in [4.69, 9.17) is 5.11 Å². The molecule has 106 valence electrons. The van der Waals surface area contributed by atoms with Gasteiger partial charge in [-0.15, -0.1) is 0 Å². The molecular weight excluding hydrogens is 256 g/mol. The molecule has 1 fully saturated rings. The maximum Gasteiger partial charge on any atom is 0.335 e. The lowest BCUT2D eigenvalue weighted by atomic mass is 10.1. The number of aliphatic hydroxyl groups excluding tert-OH is 1. The van der Waals surface area contributed by atoms with Gasteiger partial charge < -0.3 is 14.8 Å². The van der Waals surface area contributed by atoms with Crippen molar-refractivity contribution < 1.29 is 15.0 Å². The lowest BCUT2D eigenvalue weighted by Crippen LogP contribution is -2.19. The first-order valence-corrected chi connectivity index (χ1v) is 6.94. The Bertz CT molecular complexity index is 662. The third kappa shape index (κ3) is 2.18. The Hall–Kier alpha value is -1.88. The lowest BCUT2D eigenvalue weighted by Gasteiger charge is -2.16. The van der Waals surface area contributed by atoms with Crippen molar-refractivity contribution in [1.82, 2.24) is 9.55 Å². The van der Waals surface area contributed by atoms with Gasteiger partial charge in [-0.3, -0.25) is 0 Å². The fourth-order valence-electron chi connectivity index (χ4n) is 3.08. The molecule has 1 aromatic carbocycles. The molecule has 1 aliphatic rings. The van der Waals surface area contributed by atoms with Gasteiger partial charge in [0.1, 0.15) is 5.82 Å². The Morgan fingerprint density at radius 3 is 2.90 bits per heavy atom. The van der Waals surface area contributed by atoms with E-state index in [-0.39, 0.29) is 17.6 Å². The number of benzene rings is 1. The lowest BCUT2D eigenvalue weighted by molar-refractivity contribution is 0.0697. The number of aromatic nitrogens is 2. The van der Waals surface area contributed by atoms with Gasteiger partial charge in [-0.25, -0.2) is 9.78 Å². The van der Waals surface area contributed by atoms with Crippen molar-refractivity contribution in [2.45, 2.75) is 38.8 Å². The quantitative estimate of drug-likeness (QED) is 0.899. The van der Waals surface area contributed by atoms with E-state index in [1.54, 1.807) is 18.2 Å². The smallest absolute Gasteiger partial charge is 0.335 e. The summed E-state index contributed by atoms with van der Waals surface area (Å²) in [5.41, 5.74) is 1.89. The zero-order chi connectivity index (χ0) is 14.3. The molecule has 2 atom stereocenters. The highest BCUT2D eigenvalue weighted by atomic mass is 16.4. The average Bonchev–Trinajstić information content (AvgIpc) is 2.94. The van der Waals surface area contributed by atoms with Crippen LogP contribution in [-0.2, 0) is 6.54 Å². The zero-order valence-electron chi connectivity index (χ0n) is 11.4. The number of imidazole rings is 1. The van der Waals surface area contributed by atoms with Crippen LogP contribution in [0.25, 0.3) is 11.0 Å². The summed E-state index contributed by atoms with van der Waals surface area (Å²) in [5.74, 6) is 0.192. The van der Waals surface area contributed by atoms with Gasteiger partial charge in [0, 0.05) is 12.5 Å². The van der Waals surface area contributed by atoms with Crippen LogP contribution in [0.15, 0.2) is 18.2 Å². The number of fused-ring (bicyclic) bond motifs is 1. The molecule has 1 aromatic heterocycles. The minimum Gasteiger partial charge on any atom is -0.478 e. The molecule has 5 heteroatoms. The van der Waals surface area contributed by atoms with Crippen molar-refractivity contribution in [2.24, 2.45) is 5.92 Å². The number of carbonyl (C=O) groups is 1. The number of aryl methyl sites for hydroxylation is 1. The monoisotopic (exact) mass is 274 g/mol. The number of carboxylic acid groups (broad SMARTS) is 1. The van der Waals surface area contributed by atoms with Crippen LogP contribution < -0.4 is 0 Å². The Kier molecular flexibility index (Phi) is 3.22. The van der Waals surface area contributed by atoms with Crippen LogP contribution in [0.5, 0.6) is 0 Å². The van der Waals surface area contributed by atoms with Crippen LogP contribution in [0.1, 0.15) is 35.4 Å². The molecule has 0 bridgehead atoms. The number of aromatic carboxylic acids is 1. The molecule has 0 saturated heterocycles. The predicted molar refractivity (Wildman–Crippen MR) is 74.8 cm³/mol. The summed E-state index contributed by atoms with van der Waals surface area (Å²) in [6.07, 6.45) is 2.75. The predicted octanol–water partition coefficient (Wildman–Crippen LogP) is 2.20. The Morgan fingerprint density at radius 1 is 1.45 bits per heavy atom. The first-order chi connectivity index (χ1) is 9.56. The largest absolute Gasteiger partial charge is 0.478 e. The van der Waals surface area contributed by atoms with E-state index in [1.165, 1.54) is 0 Å². The van der Waals surface area contributed by atoms with E-state index >= 15 is 0 Å². The topological polar surface area (TPSA) is 75.3 Å². The van der Waals surface area contributed by atoms with Crippen molar-refractivity contribution >= 4 is 17.0 Å². The van der Waals surface area contributed by atoms with Gasteiger partial charge in [-0.1, -0.05) is 6.42 Å². The maximum absolute atomic E-state index is 11.0. The van der Waals surface area contributed by atoms with Crippen LogP contribution >= 0.6 is 0 Å². The number of nitrogens with zero attached hydrogens (tertiary/aromatic N) is 2. The van der Waals surface area contributed by atoms with Crippen molar-refractivity contribution in [3.05, 3.63) is 29.6 Å². The Morgan fingerprint density at radius 2 is 2.25 bits per heavy atom. The molecule has 0 aliphatic heterocycles. The third-order valence-corrected chi connectivity index (χ3v) is 4.22. The van der Waals surface area contributed by atoms with E-state index in [1.807, 2.05) is 6.92 Å². The SMILES string of the molecule is Cc1nc2cc(C(=O)O)ccc2n1CC1CCCC1O. The fraction of sp³-hybridized carbons (Fsp3) is 0.467. The summed E-state index contributed by atoms with van der Waals surface area (Å²) in [6, 6.07) is 5.01. The molecule has 0 spiro atoms. The van der Waals surface area contributed by atoms with Gasteiger partial charge >= 0.3 is 5.97 Å². The molecule has 2 unspecified atom stereocenters. The zero-order valence-corrected chi connectivity index (χ0v) is 11.4. The van der Waals surface area contributed by atoms with E-state index < -0.39 is 5.97 Å². The van der Waals surface area contributed by atoms with Gasteiger partial charge in [0.15, 0.2) is 0 Å². The Labute approximate surface area is 116 Å². The highest BCUT2D eigenvalue weighted by molar-refractivity contribution is 5.92. The van der Waals surface area contributed by atoms with E-state index in [0.717, 1.165) is 37.1 Å². The van der Waals surface area contributed by atoms with Gasteiger partial charge in [-0.2, -0.15) is 0 Å². The minimum atomic E-state index is -0.940. The second kappa shape index (κ2) is 4.90. The first kappa shape index (κ1) is 13.1. The van der Waals surface area contributed by atoms with Crippen molar-refractivity contribution in [2.75, 3.05) is 0 Å². The fourth-order valence-corrected chi connectivity index (χ4v) is 3.08. The highest BCUT2D eigenvalue weighted by Gasteiger charge is 2.26. The molecule has 2 N–H and O–H groups in total. The first-order valence-electron chi connectivity index (χ1n) is 6.94. The molecule has 5 nitrogen and oxygen atoms in total. The normalized spacial score (nSPS) is 22.5. The molecule has 20 heavy (non-hydrogen) atoms. The van der Waals surface area contributed by atoms with E-state index in [0.29, 0.717) is 5.52 Å². The molecule has 0 radical (unpaired) electrons. The van der Waals surface area contributed by atoms with Gasteiger partial charge in [0.25, 0.3) is 0 Å². The summed E-state index contributed by atoms with van der Waals surface area (Å²) in [4.78, 5) is 15.4. The summed E-state index contributed by atoms with van der Waals surface area (Å²) in [7, 11) is 0. The van der Waals surface area contributed by atoms with E-state index in [2.05, 4.69) is 9.55 Å². The molecule has 1 saturated carbocycles. The van der Waals surface area contributed by atoms with Crippen molar-refractivity contribution in [3.8, 4) is 0 Å². The van der Waals surface area contributed by atoms with Crippen LogP contribution in [0.2, 0.25) is 0 Å². The number of rotatable bonds is 3. The number of hydrogen-bond acceptors (Lipinski definition) is 3. The summed E-state index contributed by atoms with van der Waals surface area (Å²) in [5, 5.41) is 19.0. The molecular formula is C15H18N2O3. The molecule has 1 heterocycles. The van der Waals surface area contributed by atoms with Crippen LogP contribution in [0.3, 0.4) is 0 Å². The van der Waals surface area contributed by atoms with E-state index in [9.17, 15) is 9.90 Å². The maximum atomic E-state index is 11.0. The average molecular weight is 274 g/mol. The second-order valence-electron chi connectivity index (χ2n) is 5.54. The van der Waals surface area contributed by atoms with Gasteiger partial charge in [0.2, 0.25) is 0 Å². The van der Waals surface area contributed by atoms with Crippen LogP contribution in [-0.4, -0.2) is 31.8 Å². The molecule has 0 amide bonds. The van der Waals surface area contributed by atoms with Gasteiger partial charge in [0.05, 0.1) is 22.7 Å². The molecule has 2 aromatic rings. The number of carboxylic acids is 1. The van der Waals surface area contributed by atoms with Crippen LogP contribution in [0.4, 0.5) is 0 Å². The van der Waals surface area contributed by atoms with Crippen molar-refractivity contribution in [1.29, 1.82) is 0 Å². The molecule has 1 aliphatic carbocycles. The Balaban J connectivity index is 1.98. The van der Waals surface area contributed by atoms with Crippen molar-refractivity contribution in [3.63, 3.8) is 0 Å². The number of aliphatic hydroxyl groups is 1. The summed E-state index contributed by atoms with van der Waals surface area (Å²) in [6.45, 7) is 2.66. The second-order valence-corrected chi connectivity index (χ2v) is 5.54. The molecule has 3 rings (SSSR count). The summed E-state index contributed by atoms with van der Waals surface area (Å²) >= 11 is 0. The highest BCUT2D eigenvalue weighted by Crippen LogP contribution is 2.29. The minimum absolute atomic E-state index is 0.231. The standard InChI is InChI=1S/C15H18N2O3/c1-9-16-12-7-10(15(19)20)5-6-13(12)17(9)8-11-3-2-4-14(11)18/h5-7,11,14,18H,2-4,8H2,1H3,(H,19,20).